The third kappa shape index (κ3) is 4.35. The van der Waals surface area contributed by atoms with E-state index in [4.69, 9.17) is 27.9 Å². The molecule has 0 radical (unpaired) electrons. The number of rotatable bonds is 4. The Balaban J connectivity index is 2.52. The Morgan fingerprint density at radius 2 is 1.57 bits per heavy atom. The van der Waals surface area contributed by atoms with Gasteiger partial charge in [-0.15, -0.1) is 0 Å². The van der Waals surface area contributed by atoms with Gasteiger partial charge in [-0.1, -0.05) is 47.5 Å². The van der Waals surface area contributed by atoms with Crippen molar-refractivity contribution in [2.45, 2.75) is 6.92 Å². The van der Waals surface area contributed by atoms with E-state index < -0.39 is 5.97 Å². The summed E-state index contributed by atoms with van der Waals surface area (Å²) in [5.41, 5.74) is 2.38. The first kappa shape index (κ1) is 15.6. The maximum absolute atomic E-state index is 11.8. The molecule has 0 aromatic heterocycles. The van der Waals surface area contributed by atoms with Gasteiger partial charge in [0.1, 0.15) is 0 Å². The fraction of sp³-hybridized carbons (Fsp3) is 0.118. The van der Waals surface area contributed by atoms with Gasteiger partial charge in [-0.2, -0.15) is 0 Å². The summed E-state index contributed by atoms with van der Waals surface area (Å²) in [4.78, 5) is 11.8. The number of carbonyl (C=O) groups excluding carboxylic acids is 1. The smallest absolute Gasteiger partial charge is 0.331 e. The minimum absolute atomic E-state index is 0.327. The molecule has 0 spiro atoms. The van der Waals surface area contributed by atoms with Crippen molar-refractivity contribution in [1.82, 2.24) is 0 Å². The van der Waals surface area contributed by atoms with Crippen molar-refractivity contribution in [2.24, 2.45) is 0 Å². The molecule has 0 aliphatic carbocycles. The molecule has 0 N–H and O–H groups in total. The van der Waals surface area contributed by atoms with E-state index in [2.05, 4.69) is 0 Å². The van der Waals surface area contributed by atoms with Crippen molar-refractivity contribution in [2.75, 3.05) is 6.61 Å². The predicted molar refractivity (Wildman–Crippen MR) is 86.6 cm³/mol. The molecule has 0 amide bonds. The lowest BCUT2D eigenvalue weighted by molar-refractivity contribution is -0.137. The summed E-state index contributed by atoms with van der Waals surface area (Å²) in [5, 5.41) is 1.20. The molecule has 0 heterocycles. The number of benzene rings is 2. The van der Waals surface area contributed by atoms with Crippen LogP contribution in [0.1, 0.15) is 18.1 Å². The molecular weight excluding hydrogens is 307 g/mol. The molecule has 4 heteroatoms. The number of esters is 1. The van der Waals surface area contributed by atoms with E-state index in [0.29, 0.717) is 16.7 Å². The summed E-state index contributed by atoms with van der Waals surface area (Å²) >= 11 is 12.1. The minimum atomic E-state index is -0.396. The molecule has 0 unspecified atom stereocenters. The number of carbonyl (C=O) groups is 1. The molecule has 0 atom stereocenters. The third-order valence-corrected chi connectivity index (χ3v) is 3.29. The minimum Gasteiger partial charge on any atom is -0.463 e. The van der Waals surface area contributed by atoms with Crippen LogP contribution >= 0.6 is 23.2 Å². The van der Waals surface area contributed by atoms with Gasteiger partial charge < -0.3 is 4.74 Å². The SMILES string of the molecule is CCOC(=O)C=C(c1cccc(Cl)c1)c1cccc(Cl)c1. The molecule has 2 aromatic carbocycles. The average Bonchev–Trinajstić information content (AvgIpc) is 2.45. The molecular formula is C17H14Cl2O2. The summed E-state index contributed by atoms with van der Waals surface area (Å²) in [7, 11) is 0. The molecule has 0 bridgehead atoms. The standard InChI is InChI=1S/C17H14Cl2O2/c1-2-21-17(20)11-16(12-5-3-7-14(18)9-12)13-6-4-8-15(19)10-13/h3-11H,2H2,1H3. The van der Waals surface area contributed by atoms with Gasteiger partial charge in [-0.25, -0.2) is 4.79 Å². The van der Waals surface area contributed by atoms with Crippen molar-refractivity contribution in [3.63, 3.8) is 0 Å². The van der Waals surface area contributed by atoms with Gasteiger partial charge in [0.15, 0.2) is 0 Å². The summed E-state index contributed by atoms with van der Waals surface area (Å²) in [6.07, 6.45) is 1.46. The Kier molecular flexibility index (Phi) is 5.43. The first-order valence-electron chi connectivity index (χ1n) is 6.50. The molecule has 0 saturated carbocycles. The largest absolute Gasteiger partial charge is 0.463 e. The molecule has 0 fully saturated rings. The Labute approximate surface area is 134 Å². The number of halogens is 2. The second kappa shape index (κ2) is 7.30. The van der Waals surface area contributed by atoms with Crippen molar-refractivity contribution < 1.29 is 9.53 Å². The lowest BCUT2D eigenvalue weighted by atomic mass is 9.97. The third-order valence-electron chi connectivity index (χ3n) is 2.82. The monoisotopic (exact) mass is 320 g/mol. The van der Waals surface area contributed by atoms with Crippen LogP contribution in [0.3, 0.4) is 0 Å². The number of hydrogen-bond acceptors (Lipinski definition) is 2. The predicted octanol–water partition coefficient (Wildman–Crippen LogP) is 4.99. The van der Waals surface area contributed by atoms with Crippen LogP contribution in [0.25, 0.3) is 5.57 Å². The molecule has 0 aliphatic rings. The molecule has 2 rings (SSSR count). The summed E-state index contributed by atoms with van der Waals surface area (Å²) < 4.78 is 4.99. The van der Waals surface area contributed by atoms with Crippen LogP contribution in [0.5, 0.6) is 0 Å². The fourth-order valence-electron chi connectivity index (χ4n) is 1.95. The van der Waals surface area contributed by atoms with Gasteiger partial charge in [-0.05, 0) is 47.9 Å². The van der Waals surface area contributed by atoms with E-state index in [1.807, 2.05) is 24.3 Å². The van der Waals surface area contributed by atoms with Crippen molar-refractivity contribution in [1.29, 1.82) is 0 Å². The highest BCUT2D eigenvalue weighted by atomic mass is 35.5. The van der Waals surface area contributed by atoms with E-state index in [1.165, 1.54) is 6.08 Å². The van der Waals surface area contributed by atoms with Crippen LogP contribution in [-0.4, -0.2) is 12.6 Å². The molecule has 0 aliphatic heterocycles. The maximum atomic E-state index is 11.8. The van der Waals surface area contributed by atoms with Crippen LogP contribution in [0.4, 0.5) is 0 Å². The highest BCUT2D eigenvalue weighted by molar-refractivity contribution is 6.31. The lowest BCUT2D eigenvalue weighted by Crippen LogP contribution is -2.01. The van der Waals surface area contributed by atoms with Crippen LogP contribution in [0.2, 0.25) is 10.0 Å². The van der Waals surface area contributed by atoms with Crippen LogP contribution < -0.4 is 0 Å². The van der Waals surface area contributed by atoms with Crippen molar-refractivity contribution in [3.8, 4) is 0 Å². The maximum Gasteiger partial charge on any atom is 0.331 e. The van der Waals surface area contributed by atoms with Gasteiger partial charge in [0.2, 0.25) is 0 Å². The van der Waals surface area contributed by atoms with E-state index in [1.54, 1.807) is 31.2 Å². The molecule has 108 valence electrons. The van der Waals surface area contributed by atoms with E-state index in [-0.39, 0.29) is 0 Å². The zero-order valence-corrected chi connectivity index (χ0v) is 13.0. The second-order valence-corrected chi connectivity index (χ2v) is 5.20. The van der Waals surface area contributed by atoms with Crippen LogP contribution in [0.15, 0.2) is 54.6 Å². The summed E-state index contributed by atoms with van der Waals surface area (Å²) in [6.45, 7) is 2.10. The van der Waals surface area contributed by atoms with E-state index >= 15 is 0 Å². The van der Waals surface area contributed by atoms with Crippen LogP contribution in [-0.2, 0) is 9.53 Å². The first-order valence-corrected chi connectivity index (χ1v) is 7.26. The Bertz CT molecular complexity index is 630. The Morgan fingerprint density at radius 1 is 1.05 bits per heavy atom. The van der Waals surface area contributed by atoms with Gasteiger partial charge in [0.25, 0.3) is 0 Å². The number of ether oxygens (including phenoxy) is 1. The summed E-state index contributed by atoms with van der Waals surface area (Å²) in [6, 6.07) is 14.6. The fourth-order valence-corrected chi connectivity index (χ4v) is 2.33. The topological polar surface area (TPSA) is 26.3 Å². The van der Waals surface area contributed by atoms with Gasteiger partial charge in [-0.3, -0.25) is 0 Å². The van der Waals surface area contributed by atoms with Crippen molar-refractivity contribution in [3.05, 3.63) is 75.8 Å². The Morgan fingerprint density at radius 3 is 2.00 bits per heavy atom. The zero-order chi connectivity index (χ0) is 15.2. The highest BCUT2D eigenvalue weighted by Gasteiger charge is 2.09. The van der Waals surface area contributed by atoms with E-state index in [9.17, 15) is 4.79 Å². The lowest BCUT2D eigenvalue weighted by Gasteiger charge is -2.09. The average molecular weight is 321 g/mol. The Hall–Kier alpha value is -1.77. The first-order chi connectivity index (χ1) is 10.1. The van der Waals surface area contributed by atoms with Gasteiger partial charge in [0.05, 0.1) is 6.61 Å². The van der Waals surface area contributed by atoms with Gasteiger partial charge >= 0.3 is 5.97 Å². The number of hydrogen-bond donors (Lipinski definition) is 0. The molecule has 0 saturated heterocycles. The molecule has 2 aromatic rings. The normalized spacial score (nSPS) is 10.0. The van der Waals surface area contributed by atoms with Gasteiger partial charge in [0, 0.05) is 16.1 Å². The van der Waals surface area contributed by atoms with Crippen molar-refractivity contribution >= 4 is 34.7 Å². The van der Waals surface area contributed by atoms with E-state index in [0.717, 1.165) is 16.7 Å². The summed E-state index contributed by atoms with van der Waals surface area (Å²) in [5.74, 6) is -0.396. The van der Waals surface area contributed by atoms with Crippen LogP contribution in [0, 0.1) is 0 Å². The second-order valence-electron chi connectivity index (χ2n) is 4.33. The highest BCUT2D eigenvalue weighted by Crippen LogP contribution is 2.27. The molecule has 21 heavy (non-hydrogen) atoms. The zero-order valence-electron chi connectivity index (χ0n) is 11.5. The molecule has 2 nitrogen and oxygen atoms in total. The quantitative estimate of drug-likeness (QED) is 0.586.